The Morgan fingerprint density at radius 3 is 1.60 bits per heavy atom. The van der Waals surface area contributed by atoms with Gasteiger partial charge in [0.2, 0.25) is 5.95 Å². The maximum atomic E-state index is 5.28. The van der Waals surface area contributed by atoms with Gasteiger partial charge < -0.3 is 0 Å². The number of aromatic nitrogens is 4. The molecule has 0 fully saturated rings. The monoisotopic (exact) mass is 756 g/mol. The number of hydrogen-bond acceptors (Lipinski definition) is 4. The van der Waals surface area contributed by atoms with Crippen LogP contribution in [0.15, 0.2) is 194 Å². The lowest BCUT2D eigenvalue weighted by Crippen LogP contribution is -2.06. The molecule has 0 bridgehead atoms. The van der Waals surface area contributed by atoms with Gasteiger partial charge in [-0.3, -0.25) is 4.57 Å². The molecule has 0 amide bonds. The zero-order chi connectivity index (χ0) is 38.2. The molecule has 3 aromatic heterocycles. The van der Waals surface area contributed by atoms with E-state index < -0.39 is 0 Å². The molecule has 0 radical (unpaired) electrons. The molecule has 12 rings (SSSR count). The van der Waals surface area contributed by atoms with Crippen LogP contribution in [0.2, 0.25) is 0 Å². The Hall–Kier alpha value is -7.47. The first-order valence-electron chi connectivity index (χ1n) is 19.5. The van der Waals surface area contributed by atoms with Gasteiger partial charge in [0.05, 0.1) is 11.0 Å². The average Bonchev–Trinajstić information content (AvgIpc) is 3.85. The van der Waals surface area contributed by atoms with Crippen LogP contribution in [-0.4, -0.2) is 19.5 Å². The van der Waals surface area contributed by atoms with E-state index in [1.54, 1.807) is 0 Å². The van der Waals surface area contributed by atoms with Crippen molar-refractivity contribution in [1.29, 1.82) is 0 Å². The smallest absolute Gasteiger partial charge is 0.238 e. The van der Waals surface area contributed by atoms with Crippen molar-refractivity contribution in [3.63, 3.8) is 0 Å². The largest absolute Gasteiger partial charge is 0.278 e. The minimum atomic E-state index is 0.586. The minimum absolute atomic E-state index is 0.586. The molecule has 0 atom stereocenters. The summed E-state index contributed by atoms with van der Waals surface area (Å²) in [7, 11) is 0. The fourth-order valence-corrected chi connectivity index (χ4v) is 9.74. The van der Waals surface area contributed by atoms with Crippen molar-refractivity contribution in [2.75, 3.05) is 0 Å². The van der Waals surface area contributed by atoms with E-state index in [1.165, 1.54) is 64.0 Å². The van der Waals surface area contributed by atoms with Gasteiger partial charge >= 0.3 is 0 Å². The van der Waals surface area contributed by atoms with Gasteiger partial charge in [0.1, 0.15) is 0 Å². The van der Waals surface area contributed by atoms with Gasteiger partial charge in [-0.25, -0.2) is 4.98 Å². The summed E-state index contributed by atoms with van der Waals surface area (Å²) in [6.45, 7) is 0. The quantitative estimate of drug-likeness (QED) is 0.159. The molecular formula is C53H32N4S. The van der Waals surface area contributed by atoms with Crippen molar-refractivity contribution >= 4 is 64.1 Å². The third kappa shape index (κ3) is 5.25. The van der Waals surface area contributed by atoms with Crippen molar-refractivity contribution in [3.05, 3.63) is 194 Å². The predicted octanol–water partition coefficient (Wildman–Crippen LogP) is 14.3. The fraction of sp³-hybridized carbons (Fsp3) is 0. The van der Waals surface area contributed by atoms with E-state index in [0.717, 1.165) is 33.3 Å². The van der Waals surface area contributed by atoms with Crippen LogP contribution in [-0.2, 0) is 0 Å². The Labute approximate surface area is 338 Å². The standard InChI is InChI=1S/C53H32N4S/c1-3-10-33(11-4-1)35-18-22-38(23-19-35)51-54-52(39-24-20-36(21-25-39)34-12-5-2-6-13-34)56-53(55-51)57-45-16-9-14-37-26-28-43-41(29-30-46(57)50(43)49(37)45)40-27-31-48-44(32-40)42-15-7-8-17-47(42)58-48/h1-32H. The molecule has 4 nitrogen and oxygen atoms in total. The molecule has 0 saturated heterocycles. The Morgan fingerprint density at radius 1 is 0.345 bits per heavy atom. The molecule has 0 aliphatic heterocycles. The lowest BCUT2D eigenvalue weighted by Gasteiger charge is -2.12. The van der Waals surface area contributed by atoms with Crippen molar-refractivity contribution in [1.82, 2.24) is 19.5 Å². The first kappa shape index (κ1) is 32.7. The summed E-state index contributed by atoms with van der Waals surface area (Å²) in [4.78, 5) is 15.7. The number of hydrogen-bond donors (Lipinski definition) is 0. The molecule has 0 saturated carbocycles. The van der Waals surface area contributed by atoms with Crippen LogP contribution in [0.4, 0.5) is 0 Å². The number of fused-ring (bicyclic) bond motifs is 3. The second-order valence-corrected chi connectivity index (χ2v) is 15.9. The molecule has 0 spiro atoms. The van der Waals surface area contributed by atoms with Crippen molar-refractivity contribution in [2.24, 2.45) is 0 Å². The average molecular weight is 757 g/mol. The van der Waals surface area contributed by atoms with Crippen molar-refractivity contribution in [3.8, 4) is 62.1 Å². The van der Waals surface area contributed by atoms with Gasteiger partial charge in [-0.05, 0) is 74.5 Å². The van der Waals surface area contributed by atoms with E-state index >= 15 is 0 Å². The lowest BCUT2D eigenvalue weighted by atomic mass is 9.94. The third-order valence-corrected chi connectivity index (χ3v) is 12.6. The van der Waals surface area contributed by atoms with E-state index in [9.17, 15) is 0 Å². The molecule has 3 heterocycles. The summed E-state index contributed by atoms with van der Waals surface area (Å²) < 4.78 is 4.85. The first-order chi connectivity index (χ1) is 28.7. The summed E-state index contributed by atoms with van der Waals surface area (Å²) in [6.07, 6.45) is 0. The van der Waals surface area contributed by atoms with Crippen LogP contribution >= 0.6 is 11.3 Å². The Kier molecular flexibility index (Phi) is 7.37. The SMILES string of the molecule is c1ccc(-c2ccc(-c3nc(-c4ccc(-c5ccccc5)cc4)nc(-n4c5cccc6ccc7c(-c8ccc9sc%10ccccc%10c9c8)ccc4c7c65)n3)cc2)cc1. The van der Waals surface area contributed by atoms with Crippen LogP contribution in [0.1, 0.15) is 0 Å². The molecule has 0 unspecified atom stereocenters. The maximum Gasteiger partial charge on any atom is 0.238 e. The second kappa shape index (κ2) is 13.1. The molecule has 0 aliphatic rings. The maximum absolute atomic E-state index is 5.28. The van der Waals surface area contributed by atoms with Crippen molar-refractivity contribution < 1.29 is 0 Å². The van der Waals surface area contributed by atoms with E-state index in [-0.39, 0.29) is 0 Å². The number of nitrogens with zero attached hydrogens (tertiary/aromatic N) is 4. The number of benzene rings is 9. The lowest BCUT2D eigenvalue weighted by molar-refractivity contribution is 0.954. The van der Waals surface area contributed by atoms with E-state index in [1.807, 2.05) is 23.5 Å². The van der Waals surface area contributed by atoms with E-state index in [2.05, 4.69) is 187 Å². The van der Waals surface area contributed by atoms with Crippen LogP contribution in [0.3, 0.4) is 0 Å². The molecular weight excluding hydrogens is 725 g/mol. The second-order valence-electron chi connectivity index (χ2n) is 14.8. The van der Waals surface area contributed by atoms with E-state index in [0.29, 0.717) is 17.6 Å². The molecule has 5 heteroatoms. The molecule has 9 aromatic carbocycles. The highest BCUT2D eigenvalue weighted by Gasteiger charge is 2.22. The summed E-state index contributed by atoms with van der Waals surface area (Å²) in [5.74, 6) is 1.83. The molecule has 58 heavy (non-hydrogen) atoms. The summed E-state index contributed by atoms with van der Waals surface area (Å²) >= 11 is 1.85. The predicted molar refractivity (Wildman–Crippen MR) is 243 cm³/mol. The van der Waals surface area contributed by atoms with Crippen LogP contribution in [0.25, 0.3) is 115 Å². The van der Waals surface area contributed by atoms with E-state index in [4.69, 9.17) is 15.0 Å². The van der Waals surface area contributed by atoms with Crippen LogP contribution in [0, 0.1) is 0 Å². The zero-order valence-corrected chi connectivity index (χ0v) is 32.0. The molecule has 0 N–H and O–H groups in total. The normalized spacial score (nSPS) is 11.8. The fourth-order valence-electron chi connectivity index (χ4n) is 8.66. The minimum Gasteiger partial charge on any atom is -0.278 e. The summed E-state index contributed by atoms with van der Waals surface area (Å²) in [5, 5.41) is 7.42. The van der Waals surface area contributed by atoms with Gasteiger partial charge in [0.15, 0.2) is 11.6 Å². The first-order valence-corrected chi connectivity index (χ1v) is 20.3. The zero-order valence-electron chi connectivity index (χ0n) is 31.2. The Bertz CT molecular complexity index is 3380. The van der Waals surface area contributed by atoms with Crippen molar-refractivity contribution in [2.45, 2.75) is 0 Å². The Balaban J connectivity index is 1.06. The molecule has 0 aliphatic carbocycles. The van der Waals surface area contributed by atoms with Gasteiger partial charge in [0, 0.05) is 42.1 Å². The van der Waals surface area contributed by atoms with Gasteiger partial charge in [-0.2, -0.15) is 9.97 Å². The number of thiophene rings is 1. The van der Waals surface area contributed by atoms with Crippen LogP contribution in [0.5, 0.6) is 0 Å². The Morgan fingerprint density at radius 2 is 0.914 bits per heavy atom. The van der Waals surface area contributed by atoms with Gasteiger partial charge in [-0.15, -0.1) is 11.3 Å². The summed E-state index contributed by atoms with van der Waals surface area (Å²) in [6, 6.07) is 69.1. The van der Waals surface area contributed by atoms with Gasteiger partial charge in [0.25, 0.3) is 0 Å². The molecule has 12 aromatic rings. The highest BCUT2D eigenvalue weighted by molar-refractivity contribution is 7.25. The third-order valence-electron chi connectivity index (χ3n) is 11.5. The topological polar surface area (TPSA) is 43.6 Å². The van der Waals surface area contributed by atoms with Crippen LogP contribution < -0.4 is 0 Å². The highest BCUT2D eigenvalue weighted by atomic mass is 32.1. The molecule has 270 valence electrons. The summed E-state index contributed by atoms with van der Waals surface area (Å²) in [5.41, 5.74) is 11.0. The number of rotatable bonds is 6. The van der Waals surface area contributed by atoms with Gasteiger partial charge in [-0.1, -0.05) is 164 Å². The highest BCUT2D eigenvalue weighted by Crippen LogP contribution is 2.44.